The Kier molecular flexibility index (Phi) is 7.81. The minimum atomic E-state index is -1.86. The van der Waals surface area contributed by atoms with Crippen molar-refractivity contribution in [3.8, 4) is 28.7 Å². The van der Waals surface area contributed by atoms with Gasteiger partial charge in [0.1, 0.15) is 0 Å². The highest BCUT2D eigenvalue weighted by Crippen LogP contribution is 2.44. The first-order valence-corrected chi connectivity index (χ1v) is 13.5. The lowest BCUT2D eigenvalue weighted by molar-refractivity contribution is 0.359. The molecule has 0 amide bonds. The highest BCUT2D eigenvalue weighted by molar-refractivity contribution is 6.70. The molecule has 0 radical (unpaired) electrons. The molecule has 0 N–H and O–H groups in total. The molecule has 0 heterocycles. The van der Waals surface area contributed by atoms with Gasteiger partial charge in [0.2, 0.25) is 8.32 Å². The normalized spacial score (nSPS) is 11.2. The lowest BCUT2D eigenvalue weighted by atomic mass is 10.1. The molecule has 0 atom stereocenters. The lowest BCUT2D eigenvalue weighted by Crippen LogP contribution is -2.29. The number of methoxy groups -OCH3 is 2. The zero-order chi connectivity index (χ0) is 20.7. The van der Waals surface area contributed by atoms with Gasteiger partial charge in [0.05, 0.1) is 14.2 Å². The number of aryl methyl sites for hydroxylation is 2. The molecule has 28 heavy (non-hydrogen) atoms. The summed E-state index contributed by atoms with van der Waals surface area (Å²) in [5.74, 6) is 3.46. The molecule has 0 saturated carbocycles. The largest absolute Gasteiger partial charge is 0.539 e. The van der Waals surface area contributed by atoms with Crippen LogP contribution >= 0.6 is 0 Å². The van der Waals surface area contributed by atoms with Crippen LogP contribution in [0.15, 0.2) is 30.3 Å². The summed E-state index contributed by atoms with van der Waals surface area (Å²) in [6.07, 6.45) is 4.10. The van der Waals surface area contributed by atoms with Gasteiger partial charge in [-0.05, 0) is 67.9 Å². The predicted molar refractivity (Wildman–Crippen MR) is 118 cm³/mol. The van der Waals surface area contributed by atoms with Gasteiger partial charge in [-0.1, -0.05) is 32.8 Å². The van der Waals surface area contributed by atoms with Crippen molar-refractivity contribution in [3.05, 3.63) is 41.5 Å². The Hall–Kier alpha value is -2.14. The van der Waals surface area contributed by atoms with Gasteiger partial charge in [-0.25, -0.2) is 0 Å². The Bertz CT molecular complexity index is 781. The molecule has 5 heteroatoms. The molecule has 0 spiro atoms. The van der Waals surface area contributed by atoms with Crippen LogP contribution in [0.5, 0.6) is 28.7 Å². The third kappa shape index (κ3) is 5.93. The number of benzene rings is 2. The fourth-order valence-electron chi connectivity index (χ4n) is 3.06. The van der Waals surface area contributed by atoms with Gasteiger partial charge in [0.25, 0.3) is 0 Å². The third-order valence-corrected chi connectivity index (χ3v) is 5.05. The van der Waals surface area contributed by atoms with Gasteiger partial charge in [0.15, 0.2) is 28.7 Å². The molecule has 2 aromatic rings. The van der Waals surface area contributed by atoms with E-state index in [0.717, 1.165) is 31.4 Å². The first-order chi connectivity index (χ1) is 13.3. The summed E-state index contributed by atoms with van der Waals surface area (Å²) in [5.41, 5.74) is 2.40. The van der Waals surface area contributed by atoms with Crippen LogP contribution < -0.4 is 18.6 Å². The second-order valence-corrected chi connectivity index (χ2v) is 12.4. The molecule has 2 aromatic carbocycles. The standard InChI is InChI=1S/C23H34O4Si/c1-8-10-17-12-13-19(20(14-17)24-3)26-22-16-18(11-9-2)15-21(25-4)23(22)27-28(5,6)7/h12-16H,8-11H2,1-7H3. The zero-order valence-electron chi connectivity index (χ0n) is 18.3. The Labute approximate surface area is 170 Å². The average Bonchev–Trinajstić information content (AvgIpc) is 2.64. The Morgan fingerprint density at radius 3 is 1.86 bits per heavy atom. The molecule has 2 rings (SSSR count). The summed E-state index contributed by atoms with van der Waals surface area (Å²) in [4.78, 5) is 0. The minimum Gasteiger partial charge on any atom is -0.539 e. The van der Waals surface area contributed by atoms with E-state index in [1.807, 2.05) is 18.2 Å². The molecular formula is C23H34O4Si. The number of ether oxygens (including phenoxy) is 3. The van der Waals surface area contributed by atoms with Gasteiger partial charge in [-0.15, -0.1) is 0 Å². The molecule has 0 aliphatic carbocycles. The maximum Gasteiger partial charge on any atom is 0.242 e. The van der Waals surface area contributed by atoms with E-state index in [4.69, 9.17) is 18.6 Å². The van der Waals surface area contributed by atoms with Crippen molar-refractivity contribution in [3.63, 3.8) is 0 Å². The Balaban J connectivity index is 2.51. The van der Waals surface area contributed by atoms with Crippen molar-refractivity contribution in [1.29, 1.82) is 0 Å². The van der Waals surface area contributed by atoms with Crippen molar-refractivity contribution < 1.29 is 18.6 Å². The van der Waals surface area contributed by atoms with E-state index < -0.39 is 8.32 Å². The summed E-state index contributed by atoms with van der Waals surface area (Å²) in [6, 6.07) is 10.2. The van der Waals surface area contributed by atoms with Crippen molar-refractivity contribution >= 4 is 8.32 Å². The van der Waals surface area contributed by atoms with Gasteiger partial charge in [-0.2, -0.15) is 0 Å². The highest BCUT2D eigenvalue weighted by Gasteiger charge is 2.24. The monoisotopic (exact) mass is 402 g/mol. The molecule has 0 aromatic heterocycles. The second kappa shape index (κ2) is 9.87. The first-order valence-electron chi connectivity index (χ1n) is 10.1. The fraction of sp³-hybridized carbons (Fsp3) is 0.478. The number of hydrogen-bond acceptors (Lipinski definition) is 4. The van der Waals surface area contributed by atoms with Crippen LogP contribution in [0.25, 0.3) is 0 Å². The predicted octanol–water partition coefficient (Wildman–Crippen LogP) is 6.61. The van der Waals surface area contributed by atoms with E-state index in [0.29, 0.717) is 23.0 Å². The molecule has 0 aliphatic heterocycles. The SMILES string of the molecule is CCCc1ccc(Oc2cc(CCC)cc(OC)c2O[Si](C)(C)C)c(OC)c1. The zero-order valence-corrected chi connectivity index (χ0v) is 19.3. The van der Waals surface area contributed by atoms with Crippen LogP contribution in [-0.4, -0.2) is 22.5 Å². The van der Waals surface area contributed by atoms with Gasteiger partial charge in [-0.3, -0.25) is 0 Å². The smallest absolute Gasteiger partial charge is 0.242 e. The van der Waals surface area contributed by atoms with Crippen LogP contribution in [0.1, 0.15) is 37.8 Å². The molecule has 154 valence electrons. The Morgan fingerprint density at radius 2 is 1.29 bits per heavy atom. The van der Waals surface area contributed by atoms with Crippen molar-refractivity contribution in [2.75, 3.05) is 14.2 Å². The van der Waals surface area contributed by atoms with E-state index in [1.165, 1.54) is 11.1 Å². The maximum atomic E-state index is 6.34. The van der Waals surface area contributed by atoms with Crippen LogP contribution in [0, 0.1) is 0 Å². The summed E-state index contributed by atoms with van der Waals surface area (Å²) < 4.78 is 23.9. The molecule has 0 aliphatic rings. The summed E-state index contributed by atoms with van der Waals surface area (Å²) >= 11 is 0. The first kappa shape index (κ1) is 22.1. The van der Waals surface area contributed by atoms with Crippen molar-refractivity contribution in [2.24, 2.45) is 0 Å². The number of hydrogen-bond donors (Lipinski definition) is 0. The molecule has 4 nitrogen and oxygen atoms in total. The molecule has 0 fully saturated rings. The summed E-state index contributed by atoms with van der Waals surface area (Å²) in [7, 11) is 1.48. The van der Waals surface area contributed by atoms with Crippen LogP contribution in [0.4, 0.5) is 0 Å². The van der Waals surface area contributed by atoms with E-state index in [-0.39, 0.29) is 0 Å². The third-order valence-electron chi connectivity index (χ3n) is 4.23. The van der Waals surface area contributed by atoms with Gasteiger partial charge < -0.3 is 18.6 Å². The van der Waals surface area contributed by atoms with Crippen LogP contribution in [0.2, 0.25) is 19.6 Å². The highest BCUT2D eigenvalue weighted by atomic mass is 28.4. The molecule has 0 bridgehead atoms. The molecule has 0 saturated heterocycles. The van der Waals surface area contributed by atoms with Crippen LogP contribution in [-0.2, 0) is 12.8 Å². The lowest BCUT2D eigenvalue weighted by Gasteiger charge is -2.24. The Morgan fingerprint density at radius 1 is 0.714 bits per heavy atom. The van der Waals surface area contributed by atoms with Crippen molar-refractivity contribution in [1.82, 2.24) is 0 Å². The fourth-order valence-corrected chi connectivity index (χ4v) is 3.87. The maximum absolute atomic E-state index is 6.34. The minimum absolute atomic E-state index is 0.668. The van der Waals surface area contributed by atoms with Crippen LogP contribution in [0.3, 0.4) is 0 Å². The number of rotatable bonds is 10. The average molecular weight is 403 g/mol. The van der Waals surface area contributed by atoms with Gasteiger partial charge in [0, 0.05) is 0 Å². The second-order valence-electron chi connectivity index (χ2n) is 7.93. The summed E-state index contributed by atoms with van der Waals surface area (Å²) in [5, 5.41) is 0. The van der Waals surface area contributed by atoms with E-state index in [9.17, 15) is 0 Å². The topological polar surface area (TPSA) is 36.9 Å². The van der Waals surface area contributed by atoms with Gasteiger partial charge >= 0.3 is 0 Å². The summed E-state index contributed by atoms with van der Waals surface area (Å²) in [6.45, 7) is 10.8. The molecular weight excluding hydrogens is 368 g/mol. The van der Waals surface area contributed by atoms with E-state index in [1.54, 1.807) is 14.2 Å². The molecule has 0 unspecified atom stereocenters. The van der Waals surface area contributed by atoms with E-state index >= 15 is 0 Å². The van der Waals surface area contributed by atoms with Crippen molar-refractivity contribution in [2.45, 2.75) is 59.2 Å². The quantitative estimate of drug-likeness (QED) is 0.419. The van der Waals surface area contributed by atoms with E-state index in [2.05, 4.69) is 45.6 Å².